The lowest BCUT2D eigenvalue weighted by atomic mass is 10.2. The zero-order chi connectivity index (χ0) is 21.6. The molecule has 8 heteroatoms. The van der Waals surface area contributed by atoms with Crippen LogP contribution in [0.3, 0.4) is 0 Å². The third-order valence-electron chi connectivity index (χ3n) is 4.37. The van der Waals surface area contributed by atoms with Crippen LogP contribution in [0.5, 0.6) is 0 Å². The summed E-state index contributed by atoms with van der Waals surface area (Å²) in [5.41, 5.74) is 2.26. The van der Waals surface area contributed by atoms with Gasteiger partial charge in [0.05, 0.1) is 16.9 Å². The zero-order valence-electron chi connectivity index (χ0n) is 16.8. The molecular weight excluding hydrogens is 420 g/mol. The SMILES string of the molecule is Cc1ccc(C)c(S(=O)(=O)Nc2cccc(C(=O)NCCSCc3ccco3)c2)c1. The number of hydrogen-bond acceptors (Lipinski definition) is 5. The molecule has 3 rings (SSSR count). The molecule has 0 saturated heterocycles. The maximum atomic E-state index is 12.8. The van der Waals surface area contributed by atoms with Crippen molar-refractivity contribution in [3.8, 4) is 0 Å². The van der Waals surface area contributed by atoms with Gasteiger partial charge in [0, 0.05) is 23.5 Å². The van der Waals surface area contributed by atoms with Crippen LogP contribution in [0.2, 0.25) is 0 Å². The van der Waals surface area contributed by atoms with Crippen LogP contribution >= 0.6 is 11.8 Å². The number of hydrogen-bond donors (Lipinski definition) is 2. The molecule has 1 aromatic heterocycles. The highest BCUT2D eigenvalue weighted by atomic mass is 32.2. The summed E-state index contributed by atoms with van der Waals surface area (Å²) in [7, 11) is -3.75. The highest BCUT2D eigenvalue weighted by Crippen LogP contribution is 2.21. The van der Waals surface area contributed by atoms with Gasteiger partial charge in [-0.15, -0.1) is 0 Å². The van der Waals surface area contributed by atoms with E-state index in [9.17, 15) is 13.2 Å². The Kier molecular flexibility index (Phi) is 7.23. The zero-order valence-corrected chi connectivity index (χ0v) is 18.5. The van der Waals surface area contributed by atoms with E-state index >= 15 is 0 Å². The third-order valence-corrected chi connectivity index (χ3v) is 6.87. The summed E-state index contributed by atoms with van der Waals surface area (Å²) >= 11 is 1.66. The molecule has 0 spiro atoms. The van der Waals surface area contributed by atoms with E-state index in [0.29, 0.717) is 23.4 Å². The second-order valence-electron chi connectivity index (χ2n) is 6.84. The van der Waals surface area contributed by atoms with Crippen LogP contribution in [0.25, 0.3) is 0 Å². The van der Waals surface area contributed by atoms with Gasteiger partial charge < -0.3 is 9.73 Å². The van der Waals surface area contributed by atoms with Crippen LogP contribution in [-0.4, -0.2) is 26.6 Å². The average molecular weight is 445 g/mol. The van der Waals surface area contributed by atoms with E-state index in [0.717, 1.165) is 22.8 Å². The molecule has 0 unspecified atom stereocenters. The van der Waals surface area contributed by atoms with Crippen molar-refractivity contribution in [2.45, 2.75) is 24.5 Å². The fourth-order valence-corrected chi connectivity index (χ4v) is 4.97. The molecule has 0 fully saturated rings. The number of rotatable bonds is 9. The molecule has 0 aliphatic carbocycles. The molecule has 0 bridgehead atoms. The van der Waals surface area contributed by atoms with E-state index in [4.69, 9.17) is 4.42 Å². The smallest absolute Gasteiger partial charge is 0.262 e. The minimum Gasteiger partial charge on any atom is -0.468 e. The van der Waals surface area contributed by atoms with Crippen molar-refractivity contribution in [3.05, 3.63) is 83.3 Å². The van der Waals surface area contributed by atoms with Gasteiger partial charge in [0.2, 0.25) is 0 Å². The third kappa shape index (κ3) is 5.90. The van der Waals surface area contributed by atoms with Gasteiger partial charge in [-0.05, 0) is 61.4 Å². The Morgan fingerprint density at radius 1 is 1.07 bits per heavy atom. The number of carbonyl (C=O) groups excluding carboxylic acids is 1. The van der Waals surface area contributed by atoms with Crippen molar-refractivity contribution in [1.29, 1.82) is 0 Å². The predicted octanol–water partition coefficient (Wildman–Crippen LogP) is 4.36. The molecule has 2 aromatic carbocycles. The standard InChI is InChI=1S/C22H24N2O4S2/c1-16-8-9-17(2)21(13-16)30(26,27)24-19-6-3-5-18(14-19)22(25)23-10-12-29-15-20-7-4-11-28-20/h3-9,11,13-14,24H,10,12,15H2,1-2H3,(H,23,25). The van der Waals surface area contributed by atoms with Crippen LogP contribution in [0.4, 0.5) is 5.69 Å². The lowest BCUT2D eigenvalue weighted by molar-refractivity contribution is 0.0956. The topological polar surface area (TPSA) is 88.4 Å². The Morgan fingerprint density at radius 3 is 2.67 bits per heavy atom. The number of nitrogens with one attached hydrogen (secondary N) is 2. The number of amides is 1. The van der Waals surface area contributed by atoms with Gasteiger partial charge in [0.25, 0.3) is 15.9 Å². The summed E-state index contributed by atoms with van der Waals surface area (Å²) < 4.78 is 33.4. The molecule has 0 radical (unpaired) electrons. The largest absolute Gasteiger partial charge is 0.468 e. The molecule has 0 aliphatic heterocycles. The Hall–Kier alpha value is -2.71. The van der Waals surface area contributed by atoms with Crippen molar-refractivity contribution < 1.29 is 17.6 Å². The van der Waals surface area contributed by atoms with E-state index in [1.807, 2.05) is 25.1 Å². The van der Waals surface area contributed by atoms with Gasteiger partial charge in [0.1, 0.15) is 5.76 Å². The van der Waals surface area contributed by atoms with E-state index in [2.05, 4.69) is 10.0 Å². The number of aryl methyl sites for hydroxylation is 2. The first-order valence-corrected chi connectivity index (χ1v) is 12.1. The predicted molar refractivity (Wildman–Crippen MR) is 120 cm³/mol. The highest BCUT2D eigenvalue weighted by molar-refractivity contribution is 7.98. The van der Waals surface area contributed by atoms with Crippen LogP contribution in [0, 0.1) is 13.8 Å². The van der Waals surface area contributed by atoms with Gasteiger partial charge in [-0.3, -0.25) is 9.52 Å². The van der Waals surface area contributed by atoms with E-state index in [1.54, 1.807) is 55.3 Å². The molecule has 1 heterocycles. The molecule has 0 aliphatic rings. The number of furan rings is 1. The summed E-state index contributed by atoms with van der Waals surface area (Å²) in [6.07, 6.45) is 1.64. The quantitative estimate of drug-likeness (QED) is 0.479. The number of anilines is 1. The van der Waals surface area contributed by atoms with Crippen molar-refractivity contribution >= 4 is 33.4 Å². The molecule has 2 N–H and O–H groups in total. The van der Waals surface area contributed by atoms with Crippen LogP contribution < -0.4 is 10.0 Å². The monoisotopic (exact) mass is 444 g/mol. The minimum absolute atomic E-state index is 0.228. The van der Waals surface area contributed by atoms with Gasteiger partial charge in [-0.2, -0.15) is 11.8 Å². The van der Waals surface area contributed by atoms with E-state index in [1.165, 1.54) is 6.07 Å². The number of thioether (sulfide) groups is 1. The van der Waals surface area contributed by atoms with Gasteiger partial charge in [-0.25, -0.2) is 8.42 Å². The fourth-order valence-electron chi connectivity index (χ4n) is 2.84. The van der Waals surface area contributed by atoms with Crippen LogP contribution in [-0.2, 0) is 15.8 Å². The van der Waals surface area contributed by atoms with Gasteiger partial charge in [0.15, 0.2) is 0 Å². The number of carbonyl (C=O) groups is 1. The Labute approximate surface area is 181 Å². The minimum atomic E-state index is -3.75. The Bertz CT molecular complexity index is 1110. The average Bonchev–Trinajstić information content (AvgIpc) is 3.22. The summed E-state index contributed by atoms with van der Waals surface area (Å²) in [4.78, 5) is 12.6. The summed E-state index contributed by atoms with van der Waals surface area (Å²) in [6, 6.07) is 15.5. The normalized spacial score (nSPS) is 11.3. The van der Waals surface area contributed by atoms with Crippen LogP contribution in [0.15, 0.2) is 70.2 Å². The first-order valence-electron chi connectivity index (χ1n) is 9.43. The molecule has 30 heavy (non-hydrogen) atoms. The molecule has 158 valence electrons. The van der Waals surface area contributed by atoms with E-state index < -0.39 is 10.0 Å². The Balaban J connectivity index is 1.58. The van der Waals surface area contributed by atoms with Gasteiger partial charge in [-0.1, -0.05) is 18.2 Å². The molecule has 1 amide bonds. The first kappa shape index (κ1) is 22.0. The fraction of sp³-hybridized carbons (Fsp3) is 0.227. The lowest BCUT2D eigenvalue weighted by Crippen LogP contribution is -2.26. The maximum absolute atomic E-state index is 12.8. The molecule has 0 saturated carbocycles. The second-order valence-corrected chi connectivity index (χ2v) is 9.60. The highest BCUT2D eigenvalue weighted by Gasteiger charge is 2.18. The second kappa shape index (κ2) is 9.86. The maximum Gasteiger partial charge on any atom is 0.262 e. The first-order chi connectivity index (χ1) is 14.3. The van der Waals surface area contributed by atoms with Crippen molar-refractivity contribution in [2.75, 3.05) is 17.0 Å². The van der Waals surface area contributed by atoms with Crippen molar-refractivity contribution in [1.82, 2.24) is 5.32 Å². The Morgan fingerprint density at radius 2 is 1.90 bits per heavy atom. The molecular formula is C22H24N2O4S2. The van der Waals surface area contributed by atoms with Crippen molar-refractivity contribution in [3.63, 3.8) is 0 Å². The van der Waals surface area contributed by atoms with Gasteiger partial charge >= 0.3 is 0 Å². The lowest BCUT2D eigenvalue weighted by Gasteiger charge is -2.12. The molecule has 6 nitrogen and oxygen atoms in total. The van der Waals surface area contributed by atoms with Crippen molar-refractivity contribution in [2.24, 2.45) is 0 Å². The molecule has 0 atom stereocenters. The summed E-state index contributed by atoms with van der Waals surface area (Å²) in [5.74, 6) is 2.14. The summed E-state index contributed by atoms with van der Waals surface area (Å²) in [6.45, 7) is 4.10. The van der Waals surface area contributed by atoms with E-state index in [-0.39, 0.29) is 10.8 Å². The van der Waals surface area contributed by atoms with Crippen LogP contribution in [0.1, 0.15) is 27.2 Å². The number of sulfonamides is 1. The molecule has 3 aromatic rings. The number of benzene rings is 2. The summed E-state index contributed by atoms with van der Waals surface area (Å²) in [5, 5.41) is 2.85.